The molecule has 3 rings (SSSR count). The van der Waals surface area contributed by atoms with Crippen molar-refractivity contribution in [2.75, 3.05) is 11.1 Å². The number of benzene rings is 1. The molecule has 0 spiro atoms. The van der Waals surface area contributed by atoms with Gasteiger partial charge in [-0.05, 0) is 50.6 Å². The maximum Gasteiger partial charge on any atom is 0.387 e. The second-order valence-corrected chi connectivity index (χ2v) is 7.95. The Labute approximate surface area is 163 Å². The molecule has 0 atom stereocenters. The molecular formula is C18H17F2N3O2S2. The Morgan fingerprint density at radius 2 is 1.93 bits per heavy atom. The predicted octanol–water partition coefficient (Wildman–Crippen LogP) is 4.95. The monoisotopic (exact) mass is 409 g/mol. The number of amides is 1. The van der Waals surface area contributed by atoms with Crippen molar-refractivity contribution in [2.45, 2.75) is 32.4 Å². The lowest BCUT2D eigenvalue weighted by Gasteiger charge is -2.08. The van der Waals surface area contributed by atoms with Crippen LogP contribution in [0.15, 0.2) is 29.3 Å². The molecule has 1 N–H and O–H groups in total. The van der Waals surface area contributed by atoms with Crippen LogP contribution in [0.5, 0.6) is 5.75 Å². The number of nitrogens with one attached hydrogen (secondary N) is 1. The molecule has 0 aliphatic carbocycles. The van der Waals surface area contributed by atoms with Crippen LogP contribution < -0.4 is 10.1 Å². The number of carbonyl (C=O) groups is 1. The summed E-state index contributed by atoms with van der Waals surface area (Å²) in [5.41, 5.74) is 1.64. The Morgan fingerprint density at radius 3 is 2.59 bits per heavy atom. The summed E-state index contributed by atoms with van der Waals surface area (Å²) in [5.74, 6) is 0.673. The van der Waals surface area contributed by atoms with E-state index in [0.717, 1.165) is 20.8 Å². The van der Waals surface area contributed by atoms with Gasteiger partial charge in [-0.3, -0.25) is 4.79 Å². The van der Waals surface area contributed by atoms with Crippen molar-refractivity contribution in [1.29, 1.82) is 0 Å². The highest BCUT2D eigenvalue weighted by Gasteiger charge is 2.15. The molecule has 0 unspecified atom stereocenters. The fraction of sp³-hybridized carbons (Fsp3) is 0.278. The van der Waals surface area contributed by atoms with Crippen LogP contribution in [0.1, 0.15) is 16.3 Å². The third kappa shape index (κ3) is 4.72. The lowest BCUT2D eigenvalue weighted by atomic mass is 10.2. The van der Waals surface area contributed by atoms with E-state index in [-0.39, 0.29) is 17.4 Å². The van der Waals surface area contributed by atoms with Crippen molar-refractivity contribution < 1.29 is 18.3 Å². The van der Waals surface area contributed by atoms with E-state index < -0.39 is 6.61 Å². The number of thiophene rings is 1. The standard InChI is InChI=1S/C18H17F2N3O2S2/c1-9-10(2)27-17-15(9)16(21-11(3)22-17)26-8-14(24)23-12-4-6-13(7-5-12)25-18(19)20/h4-7,18H,8H2,1-3H3,(H,23,24). The van der Waals surface area contributed by atoms with E-state index in [1.54, 1.807) is 11.3 Å². The minimum Gasteiger partial charge on any atom is -0.435 e. The van der Waals surface area contributed by atoms with Gasteiger partial charge in [0, 0.05) is 16.0 Å². The van der Waals surface area contributed by atoms with Crippen LogP contribution in [0.25, 0.3) is 10.2 Å². The van der Waals surface area contributed by atoms with E-state index in [9.17, 15) is 13.6 Å². The molecule has 0 saturated heterocycles. The second-order valence-electron chi connectivity index (χ2n) is 5.78. The SMILES string of the molecule is Cc1nc(SCC(=O)Nc2ccc(OC(F)F)cc2)c2c(C)c(C)sc2n1. The zero-order valence-electron chi connectivity index (χ0n) is 14.9. The largest absolute Gasteiger partial charge is 0.435 e. The number of carbonyl (C=O) groups excluding carboxylic acids is 1. The van der Waals surface area contributed by atoms with Crippen molar-refractivity contribution in [3.8, 4) is 5.75 Å². The van der Waals surface area contributed by atoms with Crippen LogP contribution in [0, 0.1) is 20.8 Å². The molecule has 1 amide bonds. The first-order chi connectivity index (χ1) is 12.8. The number of halogens is 2. The highest BCUT2D eigenvalue weighted by molar-refractivity contribution is 8.00. The van der Waals surface area contributed by atoms with Gasteiger partial charge in [0.1, 0.15) is 21.4 Å². The van der Waals surface area contributed by atoms with Crippen LogP contribution in [0.2, 0.25) is 0 Å². The van der Waals surface area contributed by atoms with E-state index >= 15 is 0 Å². The topological polar surface area (TPSA) is 64.1 Å². The maximum absolute atomic E-state index is 12.2. The lowest BCUT2D eigenvalue weighted by Crippen LogP contribution is -2.14. The van der Waals surface area contributed by atoms with Gasteiger partial charge in [0.15, 0.2) is 0 Å². The molecule has 0 saturated carbocycles. The number of hydrogen-bond donors (Lipinski definition) is 1. The Bertz CT molecular complexity index is 975. The molecule has 9 heteroatoms. The molecule has 1 aromatic carbocycles. The van der Waals surface area contributed by atoms with Gasteiger partial charge in [0.2, 0.25) is 5.91 Å². The fourth-order valence-electron chi connectivity index (χ4n) is 2.47. The number of thioether (sulfide) groups is 1. The third-order valence-corrected chi connectivity index (χ3v) is 5.89. The van der Waals surface area contributed by atoms with Crippen molar-refractivity contribution in [3.05, 3.63) is 40.5 Å². The quantitative estimate of drug-likeness (QED) is 0.461. The highest BCUT2D eigenvalue weighted by atomic mass is 32.2. The lowest BCUT2D eigenvalue weighted by molar-refractivity contribution is -0.113. The van der Waals surface area contributed by atoms with Gasteiger partial charge < -0.3 is 10.1 Å². The molecule has 2 heterocycles. The number of aryl methyl sites for hydroxylation is 3. The average molecular weight is 409 g/mol. The van der Waals surface area contributed by atoms with Crippen LogP contribution in [-0.2, 0) is 4.79 Å². The predicted molar refractivity (Wildman–Crippen MR) is 104 cm³/mol. The van der Waals surface area contributed by atoms with Crippen molar-refractivity contribution in [3.63, 3.8) is 0 Å². The van der Waals surface area contributed by atoms with E-state index in [1.165, 1.54) is 40.9 Å². The fourth-order valence-corrected chi connectivity index (χ4v) is 4.54. The molecule has 3 aromatic rings. The van der Waals surface area contributed by atoms with Gasteiger partial charge in [-0.25, -0.2) is 9.97 Å². The number of alkyl halides is 2. The summed E-state index contributed by atoms with van der Waals surface area (Å²) < 4.78 is 28.6. The van der Waals surface area contributed by atoms with Crippen LogP contribution in [0.4, 0.5) is 14.5 Å². The summed E-state index contributed by atoms with van der Waals surface area (Å²) >= 11 is 2.97. The molecule has 0 aliphatic rings. The first-order valence-corrected chi connectivity index (χ1v) is 9.85. The van der Waals surface area contributed by atoms with Crippen LogP contribution in [0.3, 0.4) is 0 Å². The number of hydrogen-bond acceptors (Lipinski definition) is 6. The molecule has 2 aromatic heterocycles. The Hall–Kier alpha value is -2.26. The number of rotatable bonds is 6. The Balaban J connectivity index is 1.67. The number of anilines is 1. The molecule has 5 nitrogen and oxygen atoms in total. The zero-order chi connectivity index (χ0) is 19.6. The first-order valence-electron chi connectivity index (χ1n) is 8.05. The van der Waals surface area contributed by atoms with Gasteiger partial charge in [0.05, 0.1) is 5.75 Å². The molecule has 142 valence electrons. The van der Waals surface area contributed by atoms with Gasteiger partial charge in [-0.15, -0.1) is 11.3 Å². The van der Waals surface area contributed by atoms with Crippen molar-refractivity contribution >= 4 is 44.9 Å². The zero-order valence-corrected chi connectivity index (χ0v) is 16.5. The van der Waals surface area contributed by atoms with Gasteiger partial charge in [-0.1, -0.05) is 11.8 Å². The van der Waals surface area contributed by atoms with E-state index in [2.05, 4.69) is 20.0 Å². The Morgan fingerprint density at radius 1 is 1.22 bits per heavy atom. The van der Waals surface area contributed by atoms with Crippen LogP contribution in [-0.4, -0.2) is 28.2 Å². The van der Waals surface area contributed by atoms with Gasteiger partial charge >= 0.3 is 6.61 Å². The third-order valence-electron chi connectivity index (χ3n) is 3.81. The van der Waals surface area contributed by atoms with E-state index in [0.29, 0.717) is 11.5 Å². The van der Waals surface area contributed by atoms with Crippen LogP contribution >= 0.6 is 23.1 Å². The summed E-state index contributed by atoms with van der Waals surface area (Å²) in [6.07, 6.45) is 0. The molecule has 0 aliphatic heterocycles. The molecule has 0 bridgehead atoms. The first kappa shape index (κ1) is 19.5. The maximum atomic E-state index is 12.2. The minimum atomic E-state index is -2.88. The van der Waals surface area contributed by atoms with E-state index in [1.807, 2.05) is 20.8 Å². The molecular weight excluding hydrogens is 392 g/mol. The van der Waals surface area contributed by atoms with E-state index in [4.69, 9.17) is 0 Å². The van der Waals surface area contributed by atoms with Crippen molar-refractivity contribution in [1.82, 2.24) is 9.97 Å². The summed E-state index contributed by atoms with van der Waals surface area (Å²) in [7, 11) is 0. The molecule has 0 fully saturated rings. The number of ether oxygens (including phenoxy) is 1. The van der Waals surface area contributed by atoms with Gasteiger partial charge in [0.25, 0.3) is 0 Å². The minimum absolute atomic E-state index is 0.0412. The number of nitrogens with zero attached hydrogens (tertiary/aromatic N) is 2. The normalized spacial score (nSPS) is 11.2. The highest BCUT2D eigenvalue weighted by Crippen LogP contribution is 2.35. The summed E-state index contributed by atoms with van der Waals surface area (Å²) in [5, 5.41) is 4.51. The summed E-state index contributed by atoms with van der Waals surface area (Å²) in [6.45, 7) is 3.02. The average Bonchev–Trinajstić information content (AvgIpc) is 2.88. The van der Waals surface area contributed by atoms with Crippen molar-refractivity contribution in [2.24, 2.45) is 0 Å². The van der Waals surface area contributed by atoms with Gasteiger partial charge in [-0.2, -0.15) is 8.78 Å². The number of fused-ring (bicyclic) bond motifs is 1. The summed E-state index contributed by atoms with van der Waals surface area (Å²) in [4.78, 5) is 23.3. The molecule has 27 heavy (non-hydrogen) atoms. The smallest absolute Gasteiger partial charge is 0.387 e. The number of aromatic nitrogens is 2. The Kier molecular flexibility index (Phi) is 5.91. The summed E-state index contributed by atoms with van der Waals surface area (Å²) in [6, 6.07) is 5.78. The molecule has 0 radical (unpaired) electrons. The second kappa shape index (κ2) is 8.18.